The number of fused-ring (bicyclic) bond motifs is 1. The predicted molar refractivity (Wildman–Crippen MR) is 95.5 cm³/mol. The van der Waals surface area contributed by atoms with Crippen molar-refractivity contribution in [3.63, 3.8) is 0 Å². The van der Waals surface area contributed by atoms with Gasteiger partial charge in [-0.3, -0.25) is 9.59 Å². The number of hydrogen-bond acceptors (Lipinski definition) is 4. The topological polar surface area (TPSA) is 67.9 Å². The molecule has 0 fully saturated rings. The molecule has 130 valence electrons. The molecule has 0 spiro atoms. The van der Waals surface area contributed by atoms with Crippen LogP contribution in [0.2, 0.25) is 0 Å². The Labute approximate surface area is 146 Å². The van der Waals surface area contributed by atoms with Gasteiger partial charge in [0.25, 0.3) is 5.91 Å². The molecule has 1 atom stereocenters. The number of ether oxygens (including phenoxy) is 2. The van der Waals surface area contributed by atoms with Crippen molar-refractivity contribution in [2.24, 2.45) is 5.92 Å². The number of nitrogens with one attached hydrogen (secondary N) is 1. The summed E-state index contributed by atoms with van der Waals surface area (Å²) >= 11 is 0. The molecule has 1 aliphatic rings. The van der Waals surface area contributed by atoms with Gasteiger partial charge in [-0.05, 0) is 30.3 Å². The van der Waals surface area contributed by atoms with Crippen molar-refractivity contribution < 1.29 is 19.1 Å². The number of anilines is 2. The summed E-state index contributed by atoms with van der Waals surface area (Å²) in [5.41, 5.74) is 1.78. The molecule has 6 heteroatoms. The third kappa shape index (κ3) is 3.15. The van der Waals surface area contributed by atoms with E-state index in [-0.39, 0.29) is 17.7 Å². The SMILES string of the molecule is COc1ccc(C(=O)N2C[C@H](C)C(=O)Nc3ccccc32)cc1OC. The molecule has 2 aromatic rings. The largest absolute Gasteiger partial charge is 0.493 e. The fourth-order valence-electron chi connectivity index (χ4n) is 2.84. The van der Waals surface area contributed by atoms with Gasteiger partial charge < -0.3 is 19.7 Å². The summed E-state index contributed by atoms with van der Waals surface area (Å²) < 4.78 is 10.5. The van der Waals surface area contributed by atoms with Crippen LogP contribution in [0.1, 0.15) is 17.3 Å². The Morgan fingerprint density at radius 3 is 2.56 bits per heavy atom. The maximum Gasteiger partial charge on any atom is 0.258 e. The van der Waals surface area contributed by atoms with Crippen LogP contribution in [0, 0.1) is 5.92 Å². The number of rotatable bonds is 3. The van der Waals surface area contributed by atoms with E-state index in [0.29, 0.717) is 35.0 Å². The van der Waals surface area contributed by atoms with E-state index in [0.717, 1.165) is 0 Å². The number of benzene rings is 2. The average molecular weight is 340 g/mol. The second kappa shape index (κ2) is 6.84. The molecule has 0 aromatic heterocycles. The molecule has 1 N–H and O–H groups in total. The summed E-state index contributed by atoms with van der Waals surface area (Å²) in [7, 11) is 3.07. The van der Waals surface area contributed by atoms with Gasteiger partial charge in [-0.2, -0.15) is 0 Å². The lowest BCUT2D eigenvalue weighted by Crippen LogP contribution is -2.35. The van der Waals surface area contributed by atoms with Crippen LogP contribution in [-0.2, 0) is 4.79 Å². The fourth-order valence-corrected chi connectivity index (χ4v) is 2.84. The third-order valence-electron chi connectivity index (χ3n) is 4.23. The van der Waals surface area contributed by atoms with E-state index in [9.17, 15) is 9.59 Å². The first-order valence-electron chi connectivity index (χ1n) is 7.99. The Bertz CT molecular complexity index is 819. The van der Waals surface area contributed by atoms with E-state index in [1.54, 1.807) is 43.2 Å². The van der Waals surface area contributed by atoms with E-state index < -0.39 is 0 Å². The summed E-state index contributed by atoms with van der Waals surface area (Å²) in [4.78, 5) is 26.9. The van der Waals surface area contributed by atoms with Gasteiger partial charge in [0, 0.05) is 12.1 Å². The van der Waals surface area contributed by atoms with Crippen LogP contribution in [0.4, 0.5) is 11.4 Å². The highest BCUT2D eigenvalue weighted by Crippen LogP contribution is 2.33. The number of para-hydroxylation sites is 2. The van der Waals surface area contributed by atoms with Gasteiger partial charge in [0.15, 0.2) is 11.5 Å². The van der Waals surface area contributed by atoms with Crippen molar-refractivity contribution >= 4 is 23.2 Å². The minimum Gasteiger partial charge on any atom is -0.493 e. The molecular formula is C19H20N2O4. The van der Waals surface area contributed by atoms with Crippen LogP contribution in [0.5, 0.6) is 11.5 Å². The van der Waals surface area contributed by atoms with Crippen LogP contribution >= 0.6 is 0 Å². The molecule has 0 radical (unpaired) electrons. The molecule has 0 saturated heterocycles. The second-order valence-corrected chi connectivity index (χ2v) is 5.89. The maximum absolute atomic E-state index is 13.1. The first-order chi connectivity index (χ1) is 12.0. The van der Waals surface area contributed by atoms with Crippen molar-refractivity contribution in [2.45, 2.75) is 6.92 Å². The van der Waals surface area contributed by atoms with Gasteiger partial charge in [-0.15, -0.1) is 0 Å². The minimum absolute atomic E-state index is 0.102. The van der Waals surface area contributed by atoms with Crippen molar-refractivity contribution in [1.82, 2.24) is 0 Å². The van der Waals surface area contributed by atoms with Gasteiger partial charge in [0.1, 0.15) is 0 Å². The van der Waals surface area contributed by atoms with E-state index in [4.69, 9.17) is 9.47 Å². The second-order valence-electron chi connectivity index (χ2n) is 5.89. The molecule has 0 saturated carbocycles. The number of carbonyl (C=O) groups is 2. The van der Waals surface area contributed by atoms with Crippen LogP contribution < -0.4 is 19.7 Å². The number of hydrogen-bond donors (Lipinski definition) is 1. The lowest BCUT2D eigenvalue weighted by atomic mass is 10.1. The highest BCUT2D eigenvalue weighted by Gasteiger charge is 2.29. The third-order valence-corrected chi connectivity index (χ3v) is 4.23. The lowest BCUT2D eigenvalue weighted by Gasteiger charge is -2.24. The normalized spacial score (nSPS) is 16.5. The molecule has 0 unspecified atom stereocenters. The van der Waals surface area contributed by atoms with E-state index >= 15 is 0 Å². The fraction of sp³-hybridized carbons (Fsp3) is 0.263. The summed E-state index contributed by atoms with van der Waals surface area (Å²) in [5.74, 6) is 0.419. The Kier molecular flexibility index (Phi) is 4.61. The summed E-state index contributed by atoms with van der Waals surface area (Å²) in [6.07, 6.45) is 0. The number of carbonyl (C=O) groups excluding carboxylic acids is 2. The van der Waals surface area contributed by atoms with Crippen LogP contribution in [-0.4, -0.2) is 32.6 Å². The molecular weight excluding hydrogens is 320 g/mol. The standard InChI is InChI=1S/C19H20N2O4/c1-12-11-21(15-7-5-4-6-14(15)20-18(12)22)19(23)13-8-9-16(24-2)17(10-13)25-3/h4-10,12H,11H2,1-3H3,(H,20,22)/t12-/m0/s1. The van der Waals surface area contributed by atoms with Crippen molar-refractivity contribution in [1.29, 1.82) is 0 Å². The minimum atomic E-state index is -0.323. The summed E-state index contributed by atoms with van der Waals surface area (Å²) in [5, 5.41) is 2.87. The smallest absolute Gasteiger partial charge is 0.258 e. The lowest BCUT2D eigenvalue weighted by molar-refractivity contribution is -0.119. The first kappa shape index (κ1) is 16.8. The molecule has 3 rings (SSSR count). The molecule has 2 amide bonds. The molecule has 2 aromatic carbocycles. The van der Waals surface area contributed by atoms with Gasteiger partial charge in [-0.1, -0.05) is 19.1 Å². The van der Waals surface area contributed by atoms with Gasteiger partial charge >= 0.3 is 0 Å². The molecule has 0 bridgehead atoms. The van der Waals surface area contributed by atoms with Crippen LogP contribution in [0.15, 0.2) is 42.5 Å². The van der Waals surface area contributed by atoms with Gasteiger partial charge in [0.2, 0.25) is 5.91 Å². The Morgan fingerprint density at radius 1 is 1.12 bits per heavy atom. The monoisotopic (exact) mass is 340 g/mol. The Morgan fingerprint density at radius 2 is 1.84 bits per heavy atom. The highest BCUT2D eigenvalue weighted by molar-refractivity contribution is 6.11. The van der Waals surface area contributed by atoms with Gasteiger partial charge in [-0.25, -0.2) is 0 Å². The molecule has 0 aliphatic carbocycles. The van der Waals surface area contributed by atoms with Gasteiger partial charge in [0.05, 0.1) is 31.5 Å². The average Bonchev–Trinajstić information content (AvgIpc) is 2.77. The molecule has 25 heavy (non-hydrogen) atoms. The molecule has 6 nitrogen and oxygen atoms in total. The predicted octanol–water partition coefficient (Wildman–Crippen LogP) is 2.94. The van der Waals surface area contributed by atoms with Crippen molar-refractivity contribution in [2.75, 3.05) is 31.0 Å². The zero-order valence-electron chi connectivity index (χ0n) is 14.4. The van der Waals surface area contributed by atoms with Crippen LogP contribution in [0.3, 0.4) is 0 Å². The maximum atomic E-state index is 13.1. The number of amides is 2. The summed E-state index contributed by atoms with van der Waals surface area (Å²) in [6, 6.07) is 12.3. The van der Waals surface area contributed by atoms with E-state index in [1.807, 2.05) is 18.2 Å². The van der Waals surface area contributed by atoms with Crippen molar-refractivity contribution in [3.05, 3.63) is 48.0 Å². The van der Waals surface area contributed by atoms with Crippen LogP contribution in [0.25, 0.3) is 0 Å². The van der Waals surface area contributed by atoms with E-state index in [1.165, 1.54) is 7.11 Å². The van der Waals surface area contributed by atoms with E-state index in [2.05, 4.69) is 5.32 Å². The number of methoxy groups -OCH3 is 2. The molecule has 1 aliphatic heterocycles. The quantitative estimate of drug-likeness (QED) is 0.933. The van der Waals surface area contributed by atoms with Crippen molar-refractivity contribution in [3.8, 4) is 11.5 Å². The highest BCUT2D eigenvalue weighted by atomic mass is 16.5. The first-order valence-corrected chi connectivity index (χ1v) is 7.99. The number of nitrogens with zero attached hydrogens (tertiary/aromatic N) is 1. The Balaban J connectivity index is 2.02. The molecule has 1 heterocycles. The zero-order chi connectivity index (χ0) is 18.0. The summed E-state index contributed by atoms with van der Waals surface area (Å²) in [6.45, 7) is 2.10. The zero-order valence-corrected chi connectivity index (χ0v) is 14.4. The Hall–Kier alpha value is -3.02.